The number of nitrogens with zero attached hydrogens (tertiary/aromatic N) is 3. The molecule has 2 rings (SSSR count). The third kappa shape index (κ3) is 5.10. The maximum Gasteiger partial charge on any atom is 0.321 e. The third-order valence-electron chi connectivity index (χ3n) is 3.46. The fourth-order valence-electron chi connectivity index (χ4n) is 2.34. The van der Waals surface area contributed by atoms with Gasteiger partial charge in [-0.25, -0.2) is 4.79 Å². The Labute approximate surface area is 136 Å². The van der Waals surface area contributed by atoms with Crippen LogP contribution in [0, 0.1) is 6.92 Å². The minimum atomic E-state index is -0.184. The van der Waals surface area contributed by atoms with Gasteiger partial charge >= 0.3 is 6.03 Å². The van der Waals surface area contributed by atoms with E-state index in [-0.39, 0.29) is 12.6 Å². The highest BCUT2D eigenvalue weighted by Crippen LogP contribution is 2.12. The lowest BCUT2D eigenvalue weighted by Gasteiger charge is -2.21. The van der Waals surface area contributed by atoms with Crippen LogP contribution in [-0.2, 0) is 6.54 Å². The number of rotatable bonds is 7. The van der Waals surface area contributed by atoms with Gasteiger partial charge in [0.05, 0.1) is 19.3 Å². The van der Waals surface area contributed by atoms with Gasteiger partial charge < -0.3 is 15.3 Å². The van der Waals surface area contributed by atoms with Crippen molar-refractivity contribution in [3.63, 3.8) is 0 Å². The standard InChI is InChI=1S/C17H24N4O2/c1-3-8-20(9-10-22)17(23)19-16-6-4-15(5-7-16)13-21-12-14(2)11-18-21/h4-7,11-12,22H,3,8-10,13H2,1-2H3,(H,19,23). The zero-order valence-corrected chi connectivity index (χ0v) is 13.7. The Morgan fingerprint density at radius 1 is 1.30 bits per heavy atom. The van der Waals surface area contributed by atoms with Gasteiger partial charge in [-0.2, -0.15) is 5.10 Å². The molecule has 2 amide bonds. The number of benzene rings is 1. The Morgan fingerprint density at radius 2 is 2.04 bits per heavy atom. The summed E-state index contributed by atoms with van der Waals surface area (Å²) in [7, 11) is 0. The third-order valence-corrected chi connectivity index (χ3v) is 3.46. The molecule has 0 atom stereocenters. The zero-order valence-electron chi connectivity index (χ0n) is 13.7. The second kappa shape index (κ2) is 8.33. The molecule has 0 unspecified atom stereocenters. The summed E-state index contributed by atoms with van der Waals surface area (Å²) in [5.74, 6) is 0. The van der Waals surface area contributed by atoms with E-state index in [4.69, 9.17) is 5.11 Å². The molecule has 0 saturated heterocycles. The number of amides is 2. The number of hydrogen-bond acceptors (Lipinski definition) is 3. The number of aliphatic hydroxyl groups excluding tert-OH is 1. The van der Waals surface area contributed by atoms with E-state index in [2.05, 4.69) is 10.4 Å². The predicted octanol–water partition coefficient (Wildman–Crippen LogP) is 2.48. The maximum atomic E-state index is 12.2. The molecular formula is C17H24N4O2. The van der Waals surface area contributed by atoms with Crippen molar-refractivity contribution in [1.29, 1.82) is 0 Å². The molecule has 0 saturated carbocycles. The first-order valence-corrected chi connectivity index (χ1v) is 7.87. The highest BCUT2D eigenvalue weighted by atomic mass is 16.3. The molecule has 0 aliphatic carbocycles. The van der Waals surface area contributed by atoms with Gasteiger partial charge in [-0.3, -0.25) is 4.68 Å². The molecule has 6 heteroatoms. The van der Waals surface area contributed by atoms with Crippen LogP contribution in [0.5, 0.6) is 0 Å². The number of urea groups is 1. The highest BCUT2D eigenvalue weighted by Gasteiger charge is 2.11. The molecule has 0 fully saturated rings. The molecule has 2 N–H and O–H groups in total. The average molecular weight is 316 g/mol. The summed E-state index contributed by atoms with van der Waals surface area (Å²) >= 11 is 0. The zero-order chi connectivity index (χ0) is 16.7. The van der Waals surface area contributed by atoms with Gasteiger partial charge in [-0.1, -0.05) is 19.1 Å². The van der Waals surface area contributed by atoms with E-state index in [1.165, 1.54) is 0 Å². The van der Waals surface area contributed by atoms with E-state index in [0.29, 0.717) is 19.6 Å². The van der Waals surface area contributed by atoms with Crippen LogP contribution < -0.4 is 5.32 Å². The number of carbonyl (C=O) groups excluding carboxylic acids is 1. The SMILES string of the molecule is CCCN(CCO)C(=O)Nc1ccc(Cn2cc(C)cn2)cc1. The van der Waals surface area contributed by atoms with Crippen LogP contribution in [0.15, 0.2) is 36.7 Å². The lowest BCUT2D eigenvalue weighted by atomic mass is 10.2. The second-order valence-electron chi connectivity index (χ2n) is 5.55. The normalized spacial score (nSPS) is 10.6. The lowest BCUT2D eigenvalue weighted by Crippen LogP contribution is -2.37. The van der Waals surface area contributed by atoms with Crippen LogP contribution in [0.2, 0.25) is 0 Å². The highest BCUT2D eigenvalue weighted by molar-refractivity contribution is 5.89. The first-order valence-electron chi connectivity index (χ1n) is 7.87. The summed E-state index contributed by atoms with van der Waals surface area (Å²) in [6.45, 7) is 5.66. The van der Waals surface area contributed by atoms with Crippen LogP contribution in [0.25, 0.3) is 0 Å². The van der Waals surface area contributed by atoms with Crippen molar-refractivity contribution in [2.75, 3.05) is 25.0 Å². The van der Waals surface area contributed by atoms with Crippen LogP contribution >= 0.6 is 0 Å². The van der Waals surface area contributed by atoms with Gasteiger partial charge in [0.1, 0.15) is 0 Å². The van der Waals surface area contributed by atoms with Crippen LogP contribution in [0.4, 0.5) is 10.5 Å². The molecule has 6 nitrogen and oxygen atoms in total. The summed E-state index contributed by atoms with van der Waals surface area (Å²) in [4.78, 5) is 13.8. The molecule has 0 radical (unpaired) electrons. The number of anilines is 1. The first kappa shape index (κ1) is 17.0. The summed E-state index contributed by atoms with van der Waals surface area (Å²) in [6, 6.07) is 7.53. The molecule has 23 heavy (non-hydrogen) atoms. The quantitative estimate of drug-likeness (QED) is 0.824. The summed E-state index contributed by atoms with van der Waals surface area (Å²) < 4.78 is 1.88. The Bertz CT molecular complexity index is 616. The van der Waals surface area contributed by atoms with Gasteiger partial charge in [-0.15, -0.1) is 0 Å². The molecular weight excluding hydrogens is 292 g/mol. The average Bonchev–Trinajstić information content (AvgIpc) is 2.94. The second-order valence-corrected chi connectivity index (χ2v) is 5.55. The fourth-order valence-corrected chi connectivity index (χ4v) is 2.34. The molecule has 2 aromatic rings. The van der Waals surface area contributed by atoms with E-state index < -0.39 is 0 Å². The van der Waals surface area contributed by atoms with E-state index in [9.17, 15) is 4.79 Å². The first-order chi connectivity index (χ1) is 11.1. The predicted molar refractivity (Wildman–Crippen MR) is 90.5 cm³/mol. The number of aryl methyl sites for hydroxylation is 1. The minimum Gasteiger partial charge on any atom is -0.395 e. The summed E-state index contributed by atoms with van der Waals surface area (Å²) in [5.41, 5.74) is 3.00. The molecule has 1 aromatic heterocycles. The van der Waals surface area contributed by atoms with Crippen molar-refractivity contribution in [2.24, 2.45) is 0 Å². The van der Waals surface area contributed by atoms with Crippen LogP contribution in [0.3, 0.4) is 0 Å². The fraction of sp³-hybridized carbons (Fsp3) is 0.412. The lowest BCUT2D eigenvalue weighted by molar-refractivity contribution is 0.188. The van der Waals surface area contributed by atoms with Crippen molar-refractivity contribution < 1.29 is 9.90 Å². The van der Waals surface area contributed by atoms with E-state index >= 15 is 0 Å². The molecule has 1 aromatic carbocycles. The number of aliphatic hydroxyl groups is 1. The van der Waals surface area contributed by atoms with Crippen LogP contribution in [0.1, 0.15) is 24.5 Å². The number of hydrogen-bond donors (Lipinski definition) is 2. The minimum absolute atomic E-state index is 0.0321. The summed E-state index contributed by atoms with van der Waals surface area (Å²) in [6.07, 6.45) is 4.68. The Kier molecular flexibility index (Phi) is 6.17. The van der Waals surface area contributed by atoms with Crippen molar-refractivity contribution in [3.05, 3.63) is 47.8 Å². The van der Waals surface area contributed by atoms with Gasteiger partial charge in [0.15, 0.2) is 0 Å². The van der Waals surface area contributed by atoms with Crippen molar-refractivity contribution in [2.45, 2.75) is 26.8 Å². The molecule has 0 spiro atoms. The van der Waals surface area contributed by atoms with E-state index in [1.54, 1.807) is 4.90 Å². The van der Waals surface area contributed by atoms with Gasteiger partial charge in [0.2, 0.25) is 0 Å². The molecule has 0 aliphatic heterocycles. The Hall–Kier alpha value is -2.34. The van der Waals surface area contributed by atoms with Crippen molar-refractivity contribution in [3.8, 4) is 0 Å². The topological polar surface area (TPSA) is 70.4 Å². The molecule has 124 valence electrons. The van der Waals surface area contributed by atoms with Crippen LogP contribution in [-0.4, -0.2) is 45.5 Å². The number of carbonyl (C=O) groups is 1. The Balaban J connectivity index is 1.94. The molecule has 0 aliphatic rings. The Morgan fingerprint density at radius 3 is 2.61 bits per heavy atom. The molecule has 1 heterocycles. The smallest absolute Gasteiger partial charge is 0.321 e. The molecule has 0 bridgehead atoms. The number of aromatic nitrogens is 2. The van der Waals surface area contributed by atoms with Crippen molar-refractivity contribution >= 4 is 11.7 Å². The number of nitrogens with one attached hydrogen (secondary N) is 1. The monoisotopic (exact) mass is 316 g/mol. The van der Waals surface area contributed by atoms with Gasteiger partial charge in [-0.05, 0) is 36.6 Å². The van der Waals surface area contributed by atoms with E-state index in [0.717, 1.165) is 23.2 Å². The van der Waals surface area contributed by atoms with E-state index in [1.807, 2.05) is 55.2 Å². The summed E-state index contributed by atoms with van der Waals surface area (Å²) in [5, 5.41) is 16.1. The van der Waals surface area contributed by atoms with Gasteiger partial charge in [0, 0.05) is 25.0 Å². The van der Waals surface area contributed by atoms with Gasteiger partial charge in [0.25, 0.3) is 0 Å². The largest absolute Gasteiger partial charge is 0.395 e. The maximum absolute atomic E-state index is 12.2. The van der Waals surface area contributed by atoms with Crippen molar-refractivity contribution in [1.82, 2.24) is 14.7 Å².